The van der Waals surface area contributed by atoms with Crippen LogP contribution in [0.3, 0.4) is 0 Å². The zero-order chi connectivity index (χ0) is 27.6. The van der Waals surface area contributed by atoms with Gasteiger partial charge in [-0.3, -0.25) is 9.78 Å². The van der Waals surface area contributed by atoms with Crippen molar-refractivity contribution in [2.75, 3.05) is 31.4 Å². The first-order valence-electron chi connectivity index (χ1n) is 12.8. The zero-order valence-electron chi connectivity index (χ0n) is 22.2. The first kappa shape index (κ1) is 26.7. The molecule has 9 nitrogen and oxygen atoms in total. The summed E-state index contributed by atoms with van der Waals surface area (Å²) in [5, 5.41) is 3.70. The van der Waals surface area contributed by atoms with Crippen LogP contribution >= 0.6 is 0 Å². The molecule has 4 heterocycles. The number of carbonyl (C=O) groups excluding carboxylic acids is 1. The van der Waals surface area contributed by atoms with Crippen molar-refractivity contribution in [2.45, 2.75) is 37.2 Å². The monoisotopic (exact) mass is 545 g/mol. The number of anilines is 1. The molecule has 5 rings (SSSR count). The van der Waals surface area contributed by atoms with Crippen molar-refractivity contribution in [1.29, 1.82) is 0 Å². The quantitative estimate of drug-likeness (QED) is 0.354. The van der Waals surface area contributed by atoms with E-state index in [4.69, 9.17) is 14.7 Å². The fraction of sp³-hybridized carbons (Fsp3) is 0.310. The topological polar surface area (TPSA) is 114 Å². The number of hydrogen-bond acceptors (Lipinski definition) is 8. The van der Waals surface area contributed by atoms with Gasteiger partial charge in [-0.15, -0.1) is 0 Å². The van der Waals surface area contributed by atoms with E-state index in [0.29, 0.717) is 23.9 Å². The molecule has 1 aromatic carbocycles. The lowest BCUT2D eigenvalue weighted by molar-refractivity contribution is 0.0950. The molecule has 1 aliphatic rings. The third-order valence-corrected chi connectivity index (χ3v) is 8.18. The number of rotatable bonds is 8. The molecule has 202 valence electrons. The Morgan fingerprint density at radius 1 is 1.10 bits per heavy atom. The Bertz CT molecular complexity index is 1640. The highest BCUT2D eigenvalue weighted by molar-refractivity contribution is 7.90. The third-order valence-electron chi connectivity index (χ3n) is 6.94. The molecule has 1 aliphatic heterocycles. The van der Waals surface area contributed by atoms with Crippen molar-refractivity contribution in [1.82, 2.24) is 20.3 Å². The number of nitrogens with one attached hydrogen (secondary N) is 1. The second-order valence-electron chi connectivity index (χ2n) is 9.83. The van der Waals surface area contributed by atoms with E-state index in [1.165, 1.54) is 6.07 Å². The van der Waals surface area contributed by atoms with Gasteiger partial charge in [-0.05, 0) is 67.8 Å². The molecule has 0 radical (unpaired) electrons. The minimum atomic E-state index is -3.44. The first-order valence-corrected chi connectivity index (χ1v) is 14.7. The van der Waals surface area contributed by atoms with E-state index in [2.05, 4.69) is 15.2 Å². The van der Waals surface area contributed by atoms with Gasteiger partial charge in [0.2, 0.25) is 0 Å². The average Bonchev–Trinajstić information content (AvgIpc) is 3.39. The number of fused-ring (bicyclic) bond motifs is 1. The molecule has 10 heteroatoms. The SMILES string of the molecule is COCC1CCCN1c1cccc(-c2ccc3cnc(CNC(=O)c4ccc(C)c(S(C)(=O)=O)c4)cc3n2)n1. The molecule has 1 fully saturated rings. The maximum absolute atomic E-state index is 12.7. The summed E-state index contributed by atoms with van der Waals surface area (Å²) >= 11 is 0. The Kier molecular flexibility index (Phi) is 7.58. The minimum absolute atomic E-state index is 0.146. The fourth-order valence-electron chi connectivity index (χ4n) is 4.94. The van der Waals surface area contributed by atoms with Gasteiger partial charge in [0.1, 0.15) is 5.82 Å². The molecule has 0 saturated carbocycles. The molecule has 1 saturated heterocycles. The van der Waals surface area contributed by atoms with Crippen molar-refractivity contribution in [3.63, 3.8) is 0 Å². The van der Waals surface area contributed by atoms with Gasteiger partial charge in [0.25, 0.3) is 5.91 Å². The second-order valence-corrected chi connectivity index (χ2v) is 11.8. The van der Waals surface area contributed by atoms with Crippen LogP contribution in [0, 0.1) is 6.92 Å². The average molecular weight is 546 g/mol. The van der Waals surface area contributed by atoms with E-state index >= 15 is 0 Å². The van der Waals surface area contributed by atoms with Crippen LogP contribution in [-0.4, -0.2) is 61.8 Å². The largest absolute Gasteiger partial charge is 0.383 e. The van der Waals surface area contributed by atoms with Gasteiger partial charge in [-0.25, -0.2) is 18.4 Å². The Morgan fingerprint density at radius 3 is 2.72 bits per heavy atom. The predicted molar refractivity (Wildman–Crippen MR) is 150 cm³/mol. The van der Waals surface area contributed by atoms with Crippen molar-refractivity contribution >= 4 is 32.5 Å². The van der Waals surface area contributed by atoms with Gasteiger partial charge >= 0.3 is 0 Å². The van der Waals surface area contributed by atoms with Crippen molar-refractivity contribution in [3.8, 4) is 11.4 Å². The number of benzene rings is 1. The molecule has 3 aromatic heterocycles. The molecule has 1 unspecified atom stereocenters. The van der Waals surface area contributed by atoms with E-state index < -0.39 is 9.84 Å². The molecule has 0 spiro atoms. The fourth-order valence-corrected chi connectivity index (χ4v) is 5.93. The van der Waals surface area contributed by atoms with Crippen LogP contribution in [0.4, 0.5) is 5.82 Å². The van der Waals surface area contributed by atoms with Crippen LogP contribution in [0.15, 0.2) is 65.7 Å². The maximum atomic E-state index is 12.7. The molecular formula is C29H31N5O4S. The summed E-state index contributed by atoms with van der Waals surface area (Å²) in [6.45, 7) is 3.50. The molecule has 39 heavy (non-hydrogen) atoms. The number of aromatic nitrogens is 3. The first-order chi connectivity index (χ1) is 18.7. The lowest BCUT2D eigenvalue weighted by Crippen LogP contribution is -2.33. The van der Waals surface area contributed by atoms with Crippen molar-refractivity contribution < 1.29 is 17.9 Å². The zero-order valence-corrected chi connectivity index (χ0v) is 23.0. The number of carbonyl (C=O) groups is 1. The standard InChI is InChI=1S/C29H31N5O4S/c1-19-9-10-20(14-27(19)39(3,36)37)29(35)31-17-22-15-26-21(16-30-22)11-12-25(32-26)24-7-4-8-28(33-24)34-13-5-6-23(34)18-38-2/h4,7-12,14-16,23H,5-6,13,17-18H2,1-3H3,(H,31,35). The summed E-state index contributed by atoms with van der Waals surface area (Å²) in [4.78, 5) is 29.4. The van der Waals surface area contributed by atoms with E-state index in [0.717, 1.165) is 53.8 Å². The van der Waals surface area contributed by atoms with Gasteiger partial charge < -0.3 is 15.0 Å². The van der Waals surface area contributed by atoms with Gasteiger partial charge in [0.05, 0.1) is 46.7 Å². The Morgan fingerprint density at radius 2 is 1.92 bits per heavy atom. The number of hydrogen-bond donors (Lipinski definition) is 1. The highest BCUT2D eigenvalue weighted by atomic mass is 32.2. The lowest BCUT2D eigenvalue weighted by Gasteiger charge is -2.25. The maximum Gasteiger partial charge on any atom is 0.251 e. The Labute approximate surface area is 228 Å². The van der Waals surface area contributed by atoms with Gasteiger partial charge in [0.15, 0.2) is 9.84 Å². The van der Waals surface area contributed by atoms with E-state index in [1.807, 2.05) is 36.4 Å². The summed E-state index contributed by atoms with van der Waals surface area (Å²) in [7, 11) is -1.71. The van der Waals surface area contributed by atoms with E-state index in [-0.39, 0.29) is 22.9 Å². The molecular weight excluding hydrogens is 514 g/mol. The number of aryl methyl sites for hydroxylation is 1. The summed E-state index contributed by atoms with van der Waals surface area (Å²) in [5.74, 6) is 0.542. The number of sulfone groups is 1. The highest BCUT2D eigenvalue weighted by Gasteiger charge is 2.25. The number of nitrogens with zero attached hydrogens (tertiary/aromatic N) is 4. The summed E-state index contributed by atoms with van der Waals surface area (Å²) in [6, 6.07) is 16.7. The third kappa shape index (κ3) is 5.91. The molecule has 0 aliphatic carbocycles. The van der Waals surface area contributed by atoms with Crippen molar-refractivity contribution in [2.24, 2.45) is 0 Å². The van der Waals surface area contributed by atoms with Crippen LogP contribution in [0.25, 0.3) is 22.3 Å². The number of amides is 1. The van der Waals surface area contributed by atoms with Crippen LogP contribution < -0.4 is 10.2 Å². The smallest absolute Gasteiger partial charge is 0.251 e. The summed E-state index contributed by atoms with van der Waals surface area (Å²) in [5.41, 5.74) is 3.79. The highest BCUT2D eigenvalue weighted by Crippen LogP contribution is 2.27. The van der Waals surface area contributed by atoms with Crippen LogP contribution in [0.1, 0.15) is 34.5 Å². The number of ether oxygens (including phenoxy) is 1. The van der Waals surface area contributed by atoms with Gasteiger partial charge in [-0.2, -0.15) is 0 Å². The second kappa shape index (κ2) is 11.1. The van der Waals surface area contributed by atoms with E-state index in [1.54, 1.807) is 32.4 Å². The van der Waals surface area contributed by atoms with Crippen LogP contribution in [-0.2, 0) is 21.1 Å². The van der Waals surface area contributed by atoms with Gasteiger partial charge in [-0.1, -0.05) is 12.1 Å². The van der Waals surface area contributed by atoms with Crippen LogP contribution in [0.2, 0.25) is 0 Å². The Balaban J connectivity index is 1.34. The minimum Gasteiger partial charge on any atom is -0.383 e. The summed E-state index contributed by atoms with van der Waals surface area (Å²) in [6.07, 6.45) is 5.06. The molecule has 1 N–H and O–H groups in total. The molecule has 4 aromatic rings. The van der Waals surface area contributed by atoms with Gasteiger partial charge in [0, 0.05) is 37.1 Å². The molecule has 0 bridgehead atoms. The summed E-state index contributed by atoms with van der Waals surface area (Å²) < 4.78 is 29.5. The van der Waals surface area contributed by atoms with Crippen LogP contribution in [0.5, 0.6) is 0 Å². The van der Waals surface area contributed by atoms with Crippen molar-refractivity contribution in [3.05, 3.63) is 77.6 Å². The number of methoxy groups -OCH3 is 1. The lowest BCUT2D eigenvalue weighted by atomic mass is 10.1. The normalized spacial score (nSPS) is 15.6. The molecule has 1 atom stereocenters. The predicted octanol–water partition coefficient (Wildman–Crippen LogP) is 3.95. The number of pyridine rings is 3. The molecule has 1 amide bonds. The Hall–Kier alpha value is -3.89. The van der Waals surface area contributed by atoms with E-state index in [9.17, 15) is 13.2 Å².